The molecule has 2 fully saturated rings. The Balaban J connectivity index is 1.65. The number of anilines is 1. The molecule has 0 N–H and O–H groups in total. The van der Waals surface area contributed by atoms with Crippen molar-refractivity contribution < 1.29 is 17.9 Å². The van der Waals surface area contributed by atoms with E-state index in [0.29, 0.717) is 31.7 Å². The van der Waals surface area contributed by atoms with Crippen LogP contribution >= 0.6 is 0 Å². The summed E-state index contributed by atoms with van der Waals surface area (Å²) < 4.78 is 31.0. The molecule has 7 heteroatoms. The van der Waals surface area contributed by atoms with E-state index in [-0.39, 0.29) is 23.9 Å². The summed E-state index contributed by atoms with van der Waals surface area (Å²) in [5.41, 5.74) is 1.54. The first-order valence-corrected chi connectivity index (χ1v) is 10.2. The van der Waals surface area contributed by atoms with Crippen molar-refractivity contribution in [1.82, 2.24) is 4.90 Å². The Morgan fingerprint density at radius 2 is 1.80 bits per heavy atom. The molecule has 2 aliphatic heterocycles. The SMILES string of the molecule is CC1CN(C(=O)/C=C/c2ccc(N3CCCS3(=O)=O)cc2)CC(C)O1. The third-order valence-electron chi connectivity index (χ3n) is 4.43. The summed E-state index contributed by atoms with van der Waals surface area (Å²) >= 11 is 0. The topological polar surface area (TPSA) is 66.9 Å². The van der Waals surface area contributed by atoms with Crippen molar-refractivity contribution in [2.24, 2.45) is 0 Å². The Morgan fingerprint density at radius 3 is 2.36 bits per heavy atom. The highest BCUT2D eigenvalue weighted by Gasteiger charge is 2.28. The van der Waals surface area contributed by atoms with E-state index >= 15 is 0 Å². The number of nitrogens with zero attached hydrogens (tertiary/aromatic N) is 2. The smallest absolute Gasteiger partial charge is 0.246 e. The average molecular weight is 364 g/mol. The maximum Gasteiger partial charge on any atom is 0.246 e. The van der Waals surface area contributed by atoms with Gasteiger partial charge in [-0.25, -0.2) is 8.42 Å². The number of hydrogen-bond donors (Lipinski definition) is 0. The van der Waals surface area contributed by atoms with Gasteiger partial charge in [0.2, 0.25) is 15.9 Å². The van der Waals surface area contributed by atoms with Gasteiger partial charge in [0.1, 0.15) is 0 Å². The van der Waals surface area contributed by atoms with Gasteiger partial charge in [-0.1, -0.05) is 12.1 Å². The highest BCUT2D eigenvalue weighted by molar-refractivity contribution is 7.93. The lowest BCUT2D eigenvalue weighted by Gasteiger charge is -2.34. The van der Waals surface area contributed by atoms with Gasteiger partial charge < -0.3 is 9.64 Å². The van der Waals surface area contributed by atoms with Crippen molar-refractivity contribution in [3.8, 4) is 0 Å². The standard InChI is InChI=1S/C18H24N2O4S/c1-14-12-19(13-15(2)24-14)18(21)9-6-16-4-7-17(8-5-16)20-10-3-11-25(20,22)23/h4-9,14-15H,3,10-13H2,1-2H3/b9-6+. The number of amides is 1. The quantitative estimate of drug-likeness (QED) is 0.768. The number of sulfonamides is 1. The van der Waals surface area contributed by atoms with Crippen LogP contribution in [0.1, 0.15) is 25.8 Å². The van der Waals surface area contributed by atoms with Gasteiger partial charge in [-0.15, -0.1) is 0 Å². The van der Waals surface area contributed by atoms with Crippen LogP contribution in [0.25, 0.3) is 6.08 Å². The molecule has 25 heavy (non-hydrogen) atoms. The van der Waals surface area contributed by atoms with Crippen LogP contribution in [0.4, 0.5) is 5.69 Å². The molecule has 0 spiro atoms. The van der Waals surface area contributed by atoms with Crippen LogP contribution in [0.3, 0.4) is 0 Å². The van der Waals surface area contributed by atoms with E-state index in [2.05, 4.69) is 0 Å². The third-order valence-corrected chi connectivity index (χ3v) is 6.30. The minimum absolute atomic E-state index is 0.0341. The number of benzene rings is 1. The molecule has 1 amide bonds. The van der Waals surface area contributed by atoms with E-state index in [1.54, 1.807) is 29.2 Å². The number of morpholine rings is 1. The van der Waals surface area contributed by atoms with E-state index in [0.717, 1.165) is 5.56 Å². The van der Waals surface area contributed by atoms with Crippen molar-refractivity contribution >= 4 is 27.7 Å². The zero-order chi connectivity index (χ0) is 18.0. The summed E-state index contributed by atoms with van der Waals surface area (Å²) in [5.74, 6) is 0.174. The molecule has 6 nitrogen and oxygen atoms in total. The minimum atomic E-state index is -3.16. The van der Waals surface area contributed by atoms with Gasteiger partial charge in [0, 0.05) is 25.7 Å². The largest absolute Gasteiger partial charge is 0.372 e. The summed E-state index contributed by atoms with van der Waals surface area (Å²) in [5, 5.41) is 0. The third kappa shape index (κ3) is 4.22. The summed E-state index contributed by atoms with van der Waals surface area (Å²) in [6.07, 6.45) is 4.07. The molecule has 2 atom stereocenters. The fourth-order valence-corrected chi connectivity index (χ4v) is 4.88. The first-order valence-electron chi connectivity index (χ1n) is 8.58. The van der Waals surface area contributed by atoms with Crippen molar-refractivity contribution in [3.63, 3.8) is 0 Å². The minimum Gasteiger partial charge on any atom is -0.372 e. The van der Waals surface area contributed by atoms with E-state index in [1.165, 1.54) is 4.31 Å². The summed E-state index contributed by atoms with van der Waals surface area (Å²) in [6, 6.07) is 7.23. The van der Waals surface area contributed by atoms with Gasteiger partial charge in [-0.2, -0.15) is 0 Å². The molecule has 0 aromatic heterocycles. The summed E-state index contributed by atoms with van der Waals surface area (Å²) in [7, 11) is -3.16. The molecular weight excluding hydrogens is 340 g/mol. The second-order valence-electron chi connectivity index (χ2n) is 6.67. The number of hydrogen-bond acceptors (Lipinski definition) is 4. The molecule has 2 unspecified atom stereocenters. The molecule has 2 saturated heterocycles. The molecule has 1 aromatic carbocycles. The number of ether oxygens (including phenoxy) is 1. The molecule has 0 bridgehead atoms. The predicted molar refractivity (Wildman–Crippen MR) is 97.8 cm³/mol. The molecule has 2 aliphatic rings. The lowest BCUT2D eigenvalue weighted by atomic mass is 10.1. The second-order valence-corrected chi connectivity index (χ2v) is 8.68. The van der Waals surface area contributed by atoms with E-state index < -0.39 is 10.0 Å². The highest BCUT2D eigenvalue weighted by atomic mass is 32.2. The summed E-state index contributed by atoms with van der Waals surface area (Å²) in [4.78, 5) is 14.1. The first-order chi connectivity index (χ1) is 11.8. The Hall–Kier alpha value is -1.86. The monoisotopic (exact) mass is 364 g/mol. The first kappa shape index (κ1) is 17.9. The summed E-state index contributed by atoms with van der Waals surface area (Å²) in [6.45, 7) is 5.65. The Morgan fingerprint density at radius 1 is 1.16 bits per heavy atom. The van der Waals surface area contributed by atoms with Crippen LogP contribution in [0.15, 0.2) is 30.3 Å². The van der Waals surface area contributed by atoms with Gasteiger partial charge >= 0.3 is 0 Å². The molecular formula is C18H24N2O4S. The predicted octanol–water partition coefficient (Wildman–Crippen LogP) is 1.88. The van der Waals surface area contributed by atoms with Gasteiger partial charge in [-0.3, -0.25) is 9.10 Å². The van der Waals surface area contributed by atoms with Gasteiger partial charge in [0.25, 0.3) is 0 Å². The molecule has 0 aliphatic carbocycles. The van der Waals surface area contributed by atoms with E-state index in [9.17, 15) is 13.2 Å². The highest BCUT2D eigenvalue weighted by Crippen LogP contribution is 2.24. The number of carbonyl (C=O) groups excluding carboxylic acids is 1. The fraction of sp³-hybridized carbons (Fsp3) is 0.500. The maximum absolute atomic E-state index is 12.3. The van der Waals surface area contributed by atoms with Crippen LogP contribution < -0.4 is 4.31 Å². The zero-order valence-electron chi connectivity index (χ0n) is 14.6. The molecule has 0 radical (unpaired) electrons. The van der Waals surface area contributed by atoms with Crippen molar-refractivity contribution in [2.45, 2.75) is 32.5 Å². The Bertz CT molecular complexity index is 748. The molecule has 136 valence electrons. The van der Waals surface area contributed by atoms with Crippen molar-refractivity contribution in [2.75, 3.05) is 29.7 Å². The lowest BCUT2D eigenvalue weighted by molar-refractivity contribution is -0.137. The zero-order valence-corrected chi connectivity index (χ0v) is 15.4. The number of carbonyl (C=O) groups is 1. The average Bonchev–Trinajstić information content (AvgIpc) is 2.91. The van der Waals surface area contributed by atoms with Gasteiger partial charge in [0.05, 0.1) is 23.6 Å². The molecule has 1 aromatic rings. The van der Waals surface area contributed by atoms with E-state index in [4.69, 9.17) is 4.74 Å². The Labute approximate surface area is 149 Å². The Kier molecular flexibility index (Phi) is 5.15. The fourth-order valence-electron chi connectivity index (χ4n) is 3.31. The van der Waals surface area contributed by atoms with Gasteiger partial charge in [-0.05, 0) is 44.0 Å². The maximum atomic E-state index is 12.3. The molecule has 2 heterocycles. The normalized spacial score (nSPS) is 26.3. The van der Waals surface area contributed by atoms with E-state index in [1.807, 2.05) is 26.0 Å². The molecule has 3 rings (SSSR count). The van der Waals surface area contributed by atoms with Gasteiger partial charge in [0.15, 0.2) is 0 Å². The van der Waals surface area contributed by atoms with Crippen LogP contribution in [-0.4, -0.2) is 56.8 Å². The second kappa shape index (κ2) is 7.17. The van der Waals surface area contributed by atoms with Crippen molar-refractivity contribution in [3.05, 3.63) is 35.9 Å². The molecule has 0 saturated carbocycles. The van der Waals surface area contributed by atoms with Crippen LogP contribution in [-0.2, 0) is 19.6 Å². The lowest BCUT2D eigenvalue weighted by Crippen LogP contribution is -2.47. The van der Waals surface area contributed by atoms with Crippen LogP contribution in [0.5, 0.6) is 0 Å². The van der Waals surface area contributed by atoms with Crippen LogP contribution in [0.2, 0.25) is 0 Å². The number of rotatable bonds is 3. The van der Waals surface area contributed by atoms with Crippen LogP contribution in [0, 0.1) is 0 Å². The van der Waals surface area contributed by atoms with Crippen molar-refractivity contribution in [1.29, 1.82) is 0 Å².